The van der Waals surface area contributed by atoms with Crippen LogP contribution >= 0.6 is 0 Å². The molecule has 0 aliphatic heterocycles. The summed E-state index contributed by atoms with van der Waals surface area (Å²) in [7, 11) is 2.65. The van der Waals surface area contributed by atoms with Crippen LogP contribution in [0.1, 0.15) is 0 Å². The molecule has 0 aromatic carbocycles. The molecule has 0 aliphatic carbocycles. The van der Waals surface area contributed by atoms with Gasteiger partial charge in [-0.3, -0.25) is 9.79 Å². The minimum Gasteiger partial charge on any atom is -0.464 e. The maximum absolute atomic E-state index is 10.7. The number of nitrogens with zero attached hydrogens (tertiary/aromatic N) is 1. The van der Waals surface area contributed by atoms with E-state index in [0.717, 1.165) is 0 Å². The average molecular weight is 159 g/mol. The molecule has 0 saturated carbocycles. The van der Waals surface area contributed by atoms with Gasteiger partial charge in [0.1, 0.15) is 6.61 Å². The third-order valence-electron chi connectivity index (χ3n) is 0.979. The monoisotopic (exact) mass is 159 g/mol. The van der Waals surface area contributed by atoms with Crippen LogP contribution < -0.4 is 0 Å². The van der Waals surface area contributed by atoms with Crippen molar-refractivity contribution in [2.75, 3.05) is 20.8 Å². The summed E-state index contributed by atoms with van der Waals surface area (Å²) in [5.74, 6) is -0.589. The number of aliphatic imine (C=N–C) groups is 1. The highest BCUT2D eigenvalue weighted by atomic mass is 16.5. The maximum Gasteiger partial charge on any atom is 0.355 e. The third kappa shape index (κ3) is 3.34. The minimum atomic E-state index is -0.589. The number of hydrogen-bond acceptors (Lipinski definition) is 5. The molecule has 0 N–H and O–H groups in total. The molecule has 0 amide bonds. The lowest BCUT2D eigenvalue weighted by atomic mass is 10.4. The highest BCUT2D eigenvalue weighted by Gasteiger charge is 2.09. The molecular weight excluding hydrogens is 150 g/mol. The smallest absolute Gasteiger partial charge is 0.355 e. The lowest BCUT2D eigenvalue weighted by Gasteiger charge is -2.00. The van der Waals surface area contributed by atoms with Gasteiger partial charge in [-0.15, -0.1) is 0 Å². The zero-order chi connectivity index (χ0) is 8.69. The highest BCUT2D eigenvalue weighted by Crippen LogP contribution is 1.83. The fraction of sp³-hybridized carbons (Fsp3) is 0.500. The Balaban J connectivity index is 3.97. The van der Waals surface area contributed by atoms with Crippen molar-refractivity contribution < 1.29 is 19.1 Å². The number of carbonyl (C=O) groups excluding carboxylic acids is 2. The second-order valence-electron chi connectivity index (χ2n) is 1.57. The van der Waals surface area contributed by atoms with E-state index in [4.69, 9.17) is 0 Å². The third-order valence-corrected chi connectivity index (χ3v) is 0.979. The molecule has 0 fully saturated rings. The van der Waals surface area contributed by atoms with Gasteiger partial charge in [-0.05, 0) is 0 Å². The van der Waals surface area contributed by atoms with Gasteiger partial charge < -0.3 is 9.47 Å². The summed E-state index contributed by atoms with van der Waals surface area (Å²) in [6.07, 6.45) is 0. The van der Waals surface area contributed by atoms with Crippen molar-refractivity contribution >= 4 is 18.2 Å². The minimum absolute atomic E-state index is 0.0830. The van der Waals surface area contributed by atoms with Crippen LogP contribution in [0.4, 0.5) is 0 Å². The molecule has 0 unspecified atom stereocenters. The normalized spacial score (nSPS) is 10.5. The Hall–Kier alpha value is -1.39. The second-order valence-corrected chi connectivity index (χ2v) is 1.57. The van der Waals surface area contributed by atoms with Gasteiger partial charge in [0, 0.05) is 7.05 Å². The van der Waals surface area contributed by atoms with Crippen LogP contribution in [0.15, 0.2) is 4.99 Å². The molecule has 0 aliphatic rings. The lowest BCUT2D eigenvalue weighted by molar-refractivity contribution is -0.133. The fourth-order valence-electron chi connectivity index (χ4n) is 0.446. The fourth-order valence-corrected chi connectivity index (χ4v) is 0.446. The van der Waals surface area contributed by atoms with Gasteiger partial charge in [0.25, 0.3) is 6.47 Å². The van der Waals surface area contributed by atoms with Crippen LogP contribution in [0.3, 0.4) is 0 Å². The van der Waals surface area contributed by atoms with Crippen LogP contribution in [-0.4, -0.2) is 38.9 Å². The van der Waals surface area contributed by atoms with E-state index >= 15 is 0 Å². The number of methoxy groups -OCH3 is 1. The van der Waals surface area contributed by atoms with Crippen molar-refractivity contribution in [3.8, 4) is 0 Å². The molecule has 0 rings (SSSR count). The van der Waals surface area contributed by atoms with Gasteiger partial charge >= 0.3 is 5.97 Å². The van der Waals surface area contributed by atoms with Crippen LogP contribution in [0.2, 0.25) is 0 Å². The van der Waals surface area contributed by atoms with E-state index < -0.39 is 5.97 Å². The van der Waals surface area contributed by atoms with Crippen molar-refractivity contribution in [3.05, 3.63) is 0 Å². The van der Waals surface area contributed by atoms with Crippen molar-refractivity contribution in [1.82, 2.24) is 0 Å². The summed E-state index contributed by atoms with van der Waals surface area (Å²) in [6, 6.07) is 0. The molecule has 62 valence electrons. The Kier molecular flexibility index (Phi) is 4.72. The quantitative estimate of drug-likeness (QED) is 0.312. The van der Waals surface area contributed by atoms with E-state index in [2.05, 4.69) is 14.5 Å². The summed E-state index contributed by atoms with van der Waals surface area (Å²) < 4.78 is 8.63. The number of ether oxygens (including phenoxy) is 2. The van der Waals surface area contributed by atoms with Crippen molar-refractivity contribution in [3.63, 3.8) is 0 Å². The van der Waals surface area contributed by atoms with Gasteiger partial charge in [0.15, 0.2) is 5.71 Å². The Morgan fingerprint density at radius 2 is 2.27 bits per heavy atom. The van der Waals surface area contributed by atoms with E-state index in [1.54, 1.807) is 0 Å². The zero-order valence-corrected chi connectivity index (χ0v) is 6.36. The van der Waals surface area contributed by atoms with E-state index in [1.807, 2.05) is 0 Å². The average Bonchev–Trinajstić information content (AvgIpc) is 2.05. The van der Waals surface area contributed by atoms with Crippen LogP contribution in [0.5, 0.6) is 0 Å². The van der Waals surface area contributed by atoms with E-state index in [1.165, 1.54) is 14.2 Å². The second kappa shape index (κ2) is 5.40. The Morgan fingerprint density at radius 1 is 1.64 bits per heavy atom. The summed E-state index contributed by atoms with van der Waals surface area (Å²) in [4.78, 5) is 24.0. The molecule has 0 spiro atoms. The Bertz CT molecular complexity index is 175. The summed E-state index contributed by atoms with van der Waals surface area (Å²) in [6.45, 7) is 0.0980. The van der Waals surface area contributed by atoms with Gasteiger partial charge in [-0.1, -0.05) is 0 Å². The SMILES string of the molecule is C/N=C(/COC=O)C(=O)OC. The van der Waals surface area contributed by atoms with E-state index in [-0.39, 0.29) is 18.8 Å². The molecule has 0 aromatic heterocycles. The van der Waals surface area contributed by atoms with Crippen molar-refractivity contribution in [2.24, 2.45) is 4.99 Å². The standard InChI is InChI=1S/C6H9NO4/c1-7-5(3-11-4-8)6(9)10-2/h4H,3H2,1-2H3/b7-5-. The molecule has 0 saturated heterocycles. The zero-order valence-electron chi connectivity index (χ0n) is 6.36. The number of hydrogen-bond donors (Lipinski definition) is 0. The number of carbonyl (C=O) groups is 2. The van der Waals surface area contributed by atoms with Crippen LogP contribution in [0.25, 0.3) is 0 Å². The molecule has 0 atom stereocenters. The molecule has 0 bridgehead atoms. The van der Waals surface area contributed by atoms with Crippen LogP contribution in [-0.2, 0) is 19.1 Å². The van der Waals surface area contributed by atoms with Gasteiger partial charge in [-0.2, -0.15) is 0 Å². The molecular formula is C6H9NO4. The largest absolute Gasteiger partial charge is 0.464 e. The first-order valence-electron chi connectivity index (χ1n) is 2.85. The molecule has 0 heterocycles. The van der Waals surface area contributed by atoms with Gasteiger partial charge in [-0.25, -0.2) is 4.79 Å². The van der Waals surface area contributed by atoms with Gasteiger partial charge in [0.2, 0.25) is 0 Å². The van der Waals surface area contributed by atoms with Crippen molar-refractivity contribution in [1.29, 1.82) is 0 Å². The predicted octanol–water partition coefficient (Wildman–Crippen LogP) is -0.597. The van der Waals surface area contributed by atoms with Gasteiger partial charge in [0.05, 0.1) is 7.11 Å². The first kappa shape index (κ1) is 9.61. The molecule has 5 heteroatoms. The number of esters is 1. The van der Waals surface area contributed by atoms with Crippen molar-refractivity contribution in [2.45, 2.75) is 0 Å². The van der Waals surface area contributed by atoms with Crippen LogP contribution in [0, 0.1) is 0 Å². The Labute approximate surface area is 64.0 Å². The first-order valence-corrected chi connectivity index (χ1v) is 2.85. The lowest BCUT2D eigenvalue weighted by Crippen LogP contribution is -2.21. The highest BCUT2D eigenvalue weighted by molar-refractivity contribution is 6.37. The molecule has 0 radical (unpaired) electrons. The summed E-state index contributed by atoms with van der Waals surface area (Å²) in [5, 5.41) is 0. The molecule has 5 nitrogen and oxygen atoms in total. The summed E-state index contributed by atoms with van der Waals surface area (Å²) in [5.41, 5.74) is 0.0830. The van der Waals surface area contributed by atoms with E-state index in [0.29, 0.717) is 0 Å². The predicted molar refractivity (Wildman–Crippen MR) is 37.4 cm³/mol. The van der Waals surface area contributed by atoms with E-state index in [9.17, 15) is 9.59 Å². The number of rotatable bonds is 4. The topological polar surface area (TPSA) is 65.0 Å². The molecule has 0 aromatic rings. The first-order chi connectivity index (χ1) is 5.26. The summed E-state index contributed by atoms with van der Waals surface area (Å²) >= 11 is 0. The molecule has 11 heavy (non-hydrogen) atoms. The Morgan fingerprint density at radius 3 is 2.64 bits per heavy atom. The maximum atomic E-state index is 10.7.